The van der Waals surface area contributed by atoms with Crippen LogP contribution in [0.5, 0.6) is 0 Å². The molecule has 1 spiro atoms. The van der Waals surface area contributed by atoms with E-state index in [1.807, 2.05) is 0 Å². The van der Waals surface area contributed by atoms with E-state index in [2.05, 4.69) is 46.3 Å². The first-order valence-electron chi connectivity index (χ1n) is 9.25. The van der Waals surface area contributed by atoms with E-state index in [9.17, 15) is 9.59 Å². The van der Waals surface area contributed by atoms with E-state index < -0.39 is 5.54 Å². The lowest BCUT2D eigenvalue weighted by atomic mass is 9.98. The fraction of sp³-hybridized carbons (Fsp3) is 0.579. The van der Waals surface area contributed by atoms with Crippen LogP contribution in [0.2, 0.25) is 0 Å². The SMILES string of the molecule is Cc1cccc(N2CCN(CN3C(=O)NC4(CCCC4)C3=O)CC2)c1. The fourth-order valence-electron chi connectivity index (χ4n) is 4.29. The van der Waals surface area contributed by atoms with Gasteiger partial charge < -0.3 is 10.2 Å². The number of urea groups is 1. The van der Waals surface area contributed by atoms with Crippen LogP contribution in [0.15, 0.2) is 24.3 Å². The Kier molecular flexibility index (Phi) is 4.15. The highest BCUT2D eigenvalue weighted by Gasteiger charge is 2.52. The number of aryl methyl sites for hydroxylation is 1. The standard InChI is InChI=1S/C19H26N4O2/c1-15-5-4-6-16(13-15)22-11-9-21(10-12-22)14-23-17(24)19(20-18(23)25)7-2-3-8-19/h4-6,13H,2-3,7-12,14H2,1H3,(H,20,25). The Morgan fingerprint density at radius 2 is 1.80 bits per heavy atom. The summed E-state index contributed by atoms with van der Waals surface area (Å²) in [6, 6.07) is 8.33. The molecule has 2 aliphatic heterocycles. The minimum absolute atomic E-state index is 0.0175. The Labute approximate surface area is 148 Å². The van der Waals surface area contributed by atoms with E-state index in [4.69, 9.17) is 0 Å². The Morgan fingerprint density at radius 3 is 2.48 bits per heavy atom. The highest BCUT2D eigenvalue weighted by atomic mass is 16.2. The molecule has 4 rings (SSSR count). The van der Waals surface area contributed by atoms with Crippen molar-refractivity contribution in [2.75, 3.05) is 37.7 Å². The van der Waals surface area contributed by atoms with Crippen LogP contribution in [0.3, 0.4) is 0 Å². The highest BCUT2D eigenvalue weighted by Crippen LogP contribution is 2.35. The molecule has 134 valence electrons. The number of nitrogens with one attached hydrogen (secondary N) is 1. The zero-order valence-corrected chi connectivity index (χ0v) is 14.8. The lowest BCUT2D eigenvalue weighted by molar-refractivity contribution is -0.132. The van der Waals surface area contributed by atoms with Crippen molar-refractivity contribution in [2.24, 2.45) is 0 Å². The van der Waals surface area contributed by atoms with E-state index in [1.165, 1.54) is 16.2 Å². The number of hydrogen-bond acceptors (Lipinski definition) is 4. The largest absolute Gasteiger partial charge is 0.369 e. The molecule has 3 fully saturated rings. The number of anilines is 1. The number of amides is 3. The number of hydrogen-bond donors (Lipinski definition) is 1. The molecule has 0 radical (unpaired) electrons. The summed E-state index contributed by atoms with van der Waals surface area (Å²) in [5.41, 5.74) is 1.92. The van der Waals surface area contributed by atoms with Gasteiger partial charge in [0.25, 0.3) is 5.91 Å². The second-order valence-corrected chi connectivity index (χ2v) is 7.54. The van der Waals surface area contributed by atoms with Gasteiger partial charge in [-0.05, 0) is 37.5 Å². The van der Waals surface area contributed by atoms with E-state index in [1.54, 1.807) is 0 Å². The van der Waals surface area contributed by atoms with Crippen LogP contribution in [0.1, 0.15) is 31.2 Å². The first-order chi connectivity index (χ1) is 12.1. The van der Waals surface area contributed by atoms with Crippen molar-refractivity contribution in [3.05, 3.63) is 29.8 Å². The molecule has 0 bridgehead atoms. The van der Waals surface area contributed by atoms with Gasteiger partial charge in [-0.3, -0.25) is 9.69 Å². The molecule has 3 aliphatic rings. The monoisotopic (exact) mass is 342 g/mol. The molecule has 0 aromatic heterocycles. The zero-order chi connectivity index (χ0) is 17.4. The van der Waals surface area contributed by atoms with Gasteiger partial charge in [-0.15, -0.1) is 0 Å². The third-order valence-electron chi connectivity index (χ3n) is 5.78. The number of carbonyl (C=O) groups is 2. The minimum Gasteiger partial charge on any atom is -0.369 e. The van der Waals surface area contributed by atoms with Crippen LogP contribution < -0.4 is 10.2 Å². The molecular weight excluding hydrogens is 316 g/mol. The van der Waals surface area contributed by atoms with Crippen LogP contribution in [0, 0.1) is 6.92 Å². The molecule has 6 nitrogen and oxygen atoms in total. The van der Waals surface area contributed by atoms with Gasteiger partial charge in [0.15, 0.2) is 0 Å². The predicted octanol–water partition coefficient (Wildman–Crippen LogP) is 1.94. The maximum Gasteiger partial charge on any atom is 0.326 e. The van der Waals surface area contributed by atoms with Crippen LogP contribution in [0.4, 0.5) is 10.5 Å². The summed E-state index contributed by atoms with van der Waals surface area (Å²) >= 11 is 0. The first-order valence-corrected chi connectivity index (χ1v) is 9.25. The molecule has 1 saturated carbocycles. The summed E-state index contributed by atoms with van der Waals surface area (Å²) < 4.78 is 0. The van der Waals surface area contributed by atoms with Crippen molar-refractivity contribution < 1.29 is 9.59 Å². The van der Waals surface area contributed by atoms with Crippen molar-refractivity contribution in [3.8, 4) is 0 Å². The lowest BCUT2D eigenvalue weighted by Crippen LogP contribution is -2.52. The number of carbonyl (C=O) groups excluding carboxylic acids is 2. The molecule has 2 heterocycles. The molecule has 3 amide bonds. The summed E-state index contributed by atoms with van der Waals surface area (Å²) in [6.45, 7) is 6.07. The van der Waals surface area contributed by atoms with Gasteiger partial charge in [-0.25, -0.2) is 9.69 Å². The van der Waals surface area contributed by atoms with Gasteiger partial charge in [-0.2, -0.15) is 0 Å². The summed E-state index contributed by atoms with van der Waals surface area (Å²) in [5.74, 6) is -0.0175. The van der Waals surface area contributed by atoms with Crippen molar-refractivity contribution >= 4 is 17.6 Å². The summed E-state index contributed by atoms with van der Waals surface area (Å²) in [4.78, 5) is 31.0. The molecule has 0 unspecified atom stereocenters. The van der Waals surface area contributed by atoms with Gasteiger partial charge in [0, 0.05) is 31.9 Å². The molecular formula is C19H26N4O2. The molecule has 1 aromatic carbocycles. The quantitative estimate of drug-likeness (QED) is 0.853. The Hall–Kier alpha value is -2.08. The summed E-state index contributed by atoms with van der Waals surface area (Å²) in [6.07, 6.45) is 3.62. The summed E-state index contributed by atoms with van der Waals surface area (Å²) in [7, 11) is 0. The normalized spacial score (nSPS) is 23.6. The van der Waals surface area contributed by atoms with Crippen LogP contribution in [-0.2, 0) is 4.79 Å². The number of benzene rings is 1. The van der Waals surface area contributed by atoms with Crippen molar-refractivity contribution in [3.63, 3.8) is 0 Å². The van der Waals surface area contributed by atoms with Crippen LogP contribution >= 0.6 is 0 Å². The van der Waals surface area contributed by atoms with Crippen molar-refractivity contribution in [2.45, 2.75) is 38.1 Å². The molecule has 0 atom stereocenters. The molecule has 1 aromatic rings. The van der Waals surface area contributed by atoms with E-state index >= 15 is 0 Å². The van der Waals surface area contributed by atoms with Gasteiger partial charge in [0.1, 0.15) is 5.54 Å². The third-order valence-corrected chi connectivity index (χ3v) is 5.78. The third kappa shape index (κ3) is 2.99. The maximum absolute atomic E-state index is 12.7. The number of rotatable bonds is 3. The molecule has 2 saturated heterocycles. The second-order valence-electron chi connectivity index (χ2n) is 7.54. The van der Waals surface area contributed by atoms with Crippen molar-refractivity contribution in [1.29, 1.82) is 0 Å². The van der Waals surface area contributed by atoms with E-state index in [0.29, 0.717) is 6.67 Å². The fourth-order valence-corrected chi connectivity index (χ4v) is 4.29. The lowest BCUT2D eigenvalue weighted by Gasteiger charge is -2.37. The van der Waals surface area contributed by atoms with Gasteiger partial charge in [0.2, 0.25) is 0 Å². The van der Waals surface area contributed by atoms with Gasteiger partial charge >= 0.3 is 6.03 Å². The average Bonchev–Trinajstić information content (AvgIpc) is 3.17. The topological polar surface area (TPSA) is 55.9 Å². The highest BCUT2D eigenvalue weighted by molar-refractivity contribution is 6.07. The zero-order valence-electron chi connectivity index (χ0n) is 14.8. The second kappa shape index (κ2) is 6.33. The average molecular weight is 342 g/mol. The molecule has 1 N–H and O–H groups in total. The Bertz CT molecular complexity index is 676. The van der Waals surface area contributed by atoms with Crippen LogP contribution in [-0.4, -0.2) is 60.1 Å². The Morgan fingerprint density at radius 1 is 1.08 bits per heavy atom. The van der Waals surface area contributed by atoms with Crippen molar-refractivity contribution in [1.82, 2.24) is 15.1 Å². The Balaban J connectivity index is 1.36. The first kappa shape index (κ1) is 16.4. The summed E-state index contributed by atoms with van der Waals surface area (Å²) in [5, 5.41) is 2.96. The van der Waals surface area contributed by atoms with E-state index in [-0.39, 0.29) is 11.9 Å². The predicted molar refractivity (Wildman–Crippen MR) is 96.4 cm³/mol. The number of piperazine rings is 1. The number of nitrogens with zero attached hydrogens (tertiary/aromatic N) is 3. The molecule has 1 aliphatic carbocycles. The smallest absolute Gasteiger partial charge is 0.326 e. The van der Waals surface area contributed by atoms with Gasteiger partial charge in [0.05, 0.1) is 6.67 Å². The van der Waals surface area contributed by atoms with E-state index in [0.717, 1.165) is 51.9 Å². The molecule has 25 heavy (non-hydrogen) atoms. The van der Waals surface area contributed by atoms with Gasteiger partial charge in [-0.1, -0.05) is 25.0 Å². The molecule has 6 heteroatoms. The van der Waals surface area contributed by atoms with Crippen LogP contribution in [0.25, 0.3) is 0 Å². The maximum atomic E-state index is 12.7. The number of imide groups is 1. The minimum atomic E-state index is -0.597.